The van der Waals surface area contributed by atoms with E-state index in [-0.39, 0.29) is 24.0 Å². The predicted octanol–water partition coefficient (Wildman–Crippen LogP) is 4.19. The Hall–Kier alpha value is -2.88. The quantitative estimate of drug-likeness (QED) is 0.244. The Bertz CT molecular complexity index is 936. The topological polar surface area (TPSA) is 80.7 Å². The maximum Gasteiger partial charge on any atom is 0.219 e. The summed E-state index contributed by atoms with van der Waals surface area (Å²) in [6.45, 7) is 3.88. The lowest BCUT2D eigenvalue weighted by Gasteiger charge is -2.12. The Morgan fingerprint density at radius 2 is 1.77 bits per heavy atom. The van der Waals surface area contributed by atoms with Gasteiger partial charge in [-0.1, -0.05) is 24.3 Å². The number of ether oxygens (including phenoxy) is 2. The molecule has 31 heavy (non-hydrogen) atoms. The number of hydrogen-bond acceptors (Lipinski definition) is 5. The molecule has 2 N–H and O–H groups in total. The Kier molecular flexibility index (Phi) is 10.6. The summed E-state index contributed by atoms with van der Waals surface area (Å²) in [5.41, 5.74) is 2.07. The standard InChI is InChI=1S/C23H27N5O2.HI/c1-3-29-20-9-4-5-10-21(20)30-22-12-11-18(16-27-22)17-28-23(24-2)26-15-13-19-8-6-7-14-25-19;/h4-12,14,16H,3,13,15,17H2,1-2H3,(H2,24,26,28);1H. The van der Waals surface area contributed by atoms with Crippen molar-refractivity contribution in [3.63, 3.8) is 0 Å². The summed E-state index contributed by atoms with van der Waals surface area (Å²) in [6.07, 6.45) is 4.42. The lowest BCUT2D eigenvalue weighted by atomic mass is 10.2. The number of aromatic nitrogens is 2. The Morgan fingerprint density at radius 3 is 2.45 bits per heavy atom. The van der Waals surface area contributed by atoms with Gasteiger partial charge in [-0.25, -0.2) is 4.98 Å². The van der Waals surface area contributed by atoms with Crippen LogP contribution in [0, 0.1) is 0 Å². The van der Waals surface area contributed by atoms with Crippen molar-refractivity contribution in [2.24, 2.45) is 4.99 Å². The minimum absolute atomic E-state index is 0. The maximum atomic E-state index is 5.86. The van der Waals surface area contributed by atoms with Gasteiger partial charge in [-0.3, -0.25) is 9.98 Å². The summed E-state index contributed by atoms with van der Waals surface area (Å²) in [6, 6.07) is 17.3. The van der Waals surface area contributed by atoms with E-state index in [0.29, 0.717) is 30.5 Å². The zero-order chi connectivity index (χ0) is 21.0. The highest BCUT2D eigenvalue weighted by atomic mass is 127. The van der Waals surface area contributed by atoms with Crippen LogP contribution in [-0.4, -0.2) is 36.1 Å². The van der Waals surface area contributed by atoms with Crippen molar-refractivity contribution >= 4 is 29.9 Å². The fraction of sp³-hybridized carbons (Fsp3) is 0.261. The van der Waals surface area contributed by atoms with E-state index in [4.69, 9.17) is 9.47 Å². The summed E-state index contributed by atoms with van der Waals surface area (Å²) in [5, 5.41) is 6.57. The van der Waals surface area contributed by atoms with E-state index < -0.39 is 0 Å². The summed E-state index contributed by atoms with van der Waals surface area (Å²) >= 11 is 0. The largest absolute Gasteiger partial charge is 0.490 e. The van der Waals surface area contributed by atoms with Crippen molar-refractivity contribution in [1.29, 1.82) is 0 Å². The number of nitrogens with zero attached hydrogens (tertiary/aromatic N) is 3. The molecule has 0 aliphatic rings. The molecule has 0 amide bonds. The van der Waals surface area contributed by atoms with Gasteiger partial charge in [0.1, 0.15) is 0 Å². The molecule has 0 bridgehead atoms. The van der Waals surface area contributed by atoms with E-state index in [1.165, 1.54) is 0 Å². The third kappa shape index (κ3) is 8.05. The van der Waals surface area contributed by atoms with Crippen LogP contribution < -0.4 is 20.1 Å². The second-order valence-electron chi connectivity index (χ2n) is 6.41. The maximum absolute atomic E-state index is 5.86. The average Bonchev–Trinajstić information content (AvgIpc) is 2.79. The molecule has 0 saturated carbocycles. The molecule has 1 aromatic carbocycles. The molecule has 8 heteroatoms. The number of hydrogen-bond donors (Lipinski definition) is 2. The molecule has 3 aromatic rings. The number of para-hydroxylation sites is 2. The van der Waals surface area contributed by atoms with E-state index in [1.54, 1.807) is 19.4 Å². The molecule has 164 valence electrons. The summed E-state index contributed by atoms with van der Waals surface area (Å²) in [4.78, 5) is 13.0. The molecular formula is C23H28IN5O2. The Labute approximate surface area is 200 Å². The number of aliphatic imine (C=N–C) groups is 1. The van der Waals surface area contributed by atoms with Gasteiger partial charge in [-0.15, -0.1) is 24.0 Å². The second-order valence-corrected chi connectivity index (χ2v) is 6.41. The number of halogens is 1. The average molecular weight is 533 g/mol. The molecule has 0 saturated heterocycles. The Morgan fingerprint density at radius 1 is 0.968 bits per heavy atom. The molecule has 0 aliphatic carbocycles. The summed E-state index contributed by atoms with van der Waals surface area (Å²) in [5.74, 6) is 2.60. The second kappa shape index (κ2) is 13.4. The highest BCUT2D eigenvalue weighted by Gasteiger charge is 2.06. The number of nitrogens with one attached hydrogen (secondary N) is 2. The normalized spacial score (nSPS) is 10.7. The van der Waals surface area contributed by atoms with E-state index in [1.807, 2.05) is 61.5 Å². The molecule has 2 aromatic heterocycles. The third-order valence-electron chi connectivity index (χ3n) is 4.24. The van der Waals surface area contributed by atoms with Crippen molar-refractivity contribution in [2.75, 3.05) is 20.2 Å². The van der Waals surface area contributed by atoms with Crippen molar-refractivity contribution < 1.29 is 9.47 Å². The molecule has 7 nitrogen and oxygen atoms in total. The SMILES string of the molecule is CCOc1ccccc1Oc1ccc(CNC(=NC)NCCc2ccccn2)cn1.I. The van der Waals surface area contributed by atoms with Crippen LogP contribution >= 0.6 is 24.0 Å². The van der Waals surface area contributed by atoms with Crippen LogP contribution in [0.15, 0.2) is 72.0 Å². The first-order chi connectivity index (χ1) is 14.8. The van der Waals surface area contributed by atoms with Gasteiger partial charge in [-0.2, -0.15) is 0 Å². The van der Waals surface area contributed by atoms with Crippen molar-refractivity contribution in [3.05, 3.63) is 78.2 Å². The van der Waals surface area contributed by atoms with Gasteiger partial charge in [0.15, 0.2) is 17.5 Å². The van der Waals surface area contributed by atoms with Crippen molar-refractivity contribution in [3.8, 4) is 17.4 Å². The van der Waals surface area contributed by atoms with Crippen LogP contribution in [0.2, 0.25) is 0 Å². The van der Waals surface area contributed by atoms with Gasteiger partial charge in [0.05, 0.1) is 6.61 Å². The highest BCUT2D eigenvalue weighted by Crippen LogP contribution is 2.30. The van der Waals surface area contributed by atoms with Crippen LogP contribution in [0.1, 0.15) is 18.2 Å². The fourth-order valence-electron chi connectivity index (χ4n) is 2.76. The summed E-state index contributed by atoms with van der Waals surface area (Å²) in [7, 11) is 1.75. The van der Waals surface area contributed by atoms with E-state index in [0.717, 1.165) is 30.2 Å². The number of pyridine rings is 2. The molecule has 0 radical (unpaired) electrons. The lowest BCUT2D eigenvalue weighted by molar-refractivity contribution is 0.319. The minimum Gasteiger partial charge on any atom is -0.490 e. The molecule has 2 heterocycles. The molecular weight excluding hydrogens is 505 g/mol. The zero-order valence-corrected chi connectivity index (χ0v) is 20.1. The van der Waals surface area contributed by atoms with Gasteiger partial charge >= 0.3 is 0 Å². The van der Waals surface area contributed by atoms with Crippen LogP contribution in [0.4, 0.5) is 0 Å². The molecule has 0 atom stereocenters. The van der Waals surface area contributed by atoms with Gasteiger partial charge in [0.2, 0.25) is 5.88 Å². The first kappa shape index (κ1) is 24.4. The van der Waals surface area contributed by atoms with E-state index in [9.17, 15) is 0 Å². The molecule has 0 fully saturated rings. The molecule has 3 rings (SSSR count). The first-order valence-corrected chi connectivity index (χ1v) is 9.97. The van der Waals surface area contributed by atoms with E-state index in [2.05, 4.69) is 25.6 Å². The van der Waals surface area contributed by atoms with Crippen LogP contribution in [-0.2, 0) is 13.0 Å². The van der Waals surface area contributed by atoms with Crippen molar-refractivity contribution in [2.45, 2.75) is 19.9 Å². The van der Waals surface area contributed by atoms with Crippen LogP contribution in [0.25, 0.3) is 0 Å². The third-order valence-corrected chi connectivity index (χ3v) is 4.24. The van der Waals surface area contributed by atoms with Crippen LogP contribution in [0.3, 0.4) is 0 Å². The lowest BCUT2D eigenvalue weighted by Crippen LogP contribution is -2.37. The Balaban J connectivity index is 0.00000341. The highest BCUT2D eigenvalue weighted by molar-refractivity contribution is 14.0. The predicted molar refractivity (Wildman–Crippen MR) is 133 cm³/mol. The monoisotopic (exact) mass is 533 g/mol. The molecule has 0 spiro atoms. The number of guanidine groups is 1. The molecule has 0 unspecified atom stereocenters. The number of rotatable bonds is 9. The van der Waals surface area contributed by atoms with Crippen molar-refractivity contribution in [1.82, 2.24) is 20.6 Å². The van der Waals surface area contributed by atoms with Gasteiger partial charge in [0, 0.05) is 50.7 Å². The first-order valence-electron chi connectivity index (χ1n) is 9.97. The van der Waals surface area contributed by atoms with Gasteiger partial charge < -0.3 is 20.1 Å². The smallest absolute Gasteiger partial charge is 0.219 e. The van der Waals surface area contributed by atoms with E-state index >= 15 is 0 Å². The fourth-order valence-corrected chi connectivity index (χ4v) is 2.76. The zero-order valence-electron chi connectivity index (χ0n) is 17.7. The van der Waals surface area contributed by atoms with Gasteiger partial charge in [-0.05, 0) is 36.8 Å². The van der Waals surface area contributed by atoms with Crippen LogP contribution in [0.5, 0.6) is 17.4 Å². The molecule has 0 aliphatic heterocycles. The minimum atomic E-state index is 0. The summed E-state index contributed by atoms with van der Waals surface area (Å²) < 4.78 is 11.4. The number of benzene rings is 1. The van der Waals surface area contributed by atoms with Gasteiger partial charge in [0.25, 0.3) is 0 Å².